The number of aliphatic hydroxyl groups excluding tert-OH is 1. The molecule has 0 fully saturated rings. The van der Waals surface area contributed by atoms with Crippen LogP contribution < -0.4 is 0 Å². The van der Waals surface area contributed by atoms with Gasteiger partial charge in [0.25, 0.3) is 0 Å². The van der Waals surface area contributed by atoms with Crippen LogP contribution in [0.25, 0.3) is 6.08 Å². The van der Waals surface area contributed by atoms with Gasteiger partial charge in [-0.05, 0) is 18.9 Å². The highest BCUT2D eigenvalue weighted by molar-refractivity contribution is 5.97. The minimum absolute atomic E-state index is 0.0658. The number of carbonyl (C=O) groups is 2. The van der Waals surface area contributed by atoms with Crippen LogP contribution in [0.5, 0.6) is 0 Å². The van der Waals surface area contributed by atoms with Crippen LogP contribution in [-0.4, -0.2) is 30.1 Å². The first-order valence-electron chi connectivity index (χ1n) is 6.73. The van der Waals surface area contributed by atoms with Crippen molar-refractivity contribution in [3.05, 3.63) is 41.5 Å². The van der Waals surface area contributed by atoms with Crippen molar-refractivity contribution in [2.24, 2.45) is 0 Å². The van der Waals surface area contributed by atoms with E-state index in [1.165, 1.54) is 0 Å². The van der Waals surface area contributed by atoms with Gasteiger partial charge in [-0.2, -0.15) is 0 Å². The quantitative estimate of drug-likeness (QED) is 0.585. The van der Waals surface area contributed by atoms with Crippen LogP contribution in [0.3, 0.4) is 0 Å². The first-order valence-corrected chi connectivity index (χ1v) is 6.73. The van der Waals surface area contributed by atoms with Crippen molar-refractivity contribution < 1.29 is 19.4 Å². The van der Waals surface area contributed by atoms with Gasteiger partial charge in [0.2, 0.25) is 0 Å². The van der Waals surface area contributed by atoms with E-state index in [0.717, 1.165) is 5.56 Å². The second kappa shape index (κ2) is 9.04. The molecular formula is C16H20O4. The molecule has 0 radical (unpaired) electrons. The van der Waals surface area contributed by atoms with Gasteiger partial charge >= 0.3 is 5.97 Å². The summed E-state index contributed by atoms with van der Waals surface area (Å²) >= 11 is 0. The first-order chi connectivity index (χ1) is 9.67. The maximum absolute atomic E-state index is 11.9. The lowest BCUT2D eigenvalue weighted by Crippen LogP contribution is -2.07. The number of hydrogen-bond acceptors (Lipinski definition) is 4. The molecule has 0 bridgehead atoms. The Balaban J connectivity index is 2.51. The van der Waals surface area contributed by atoms with Gasteiger partial charge in [-0.25, -0.2) is 0 Å². The van der Waals surface area contributed by atoms with E-state index >= 15 is 0 Å². The van der Waals surface area contributed by atoms with Gasteiger partial charge in [0.15, 0.2) is 5.78 Å². The van der Waals surface area contributed by atoms with Gasteiger partial charge in [-0.1, -0.05) is 36.4 Å². The predicted molar refractivity (Wildman–Crippen MR) is 77.4 cm³/mol. The third-order valence-corrected chi connectivity index (χ3v) is 2.70. The number of Topliss-reactive ketones (excluding diaryl/α,β-unsaturated/α-hetero) is 1. The molecule has 0 heterocycles. The van der Waals surface area contributed by atoms with Crippen molar-refractivity contribution in [1.82, 2.24) is 0 Å². The molecular weight excluding hydrogens is 256 g/mol. The Morgan fingerprint density at radius 1 is 1.20 bits per heavy atom. The maximum Gasteiger partial charge on any atom is 0.306 e. The zero-order valence-electron chi connectivity index (χ0n) is 11.7. The fourth-order valence-electron chi connectivity index (χ4n) is 1.67. The van der Waals surface area contributed by atoms with Crippen molar-refractivity contribution in [2.75, 3.05) is 13.2 Å². The van der Waals surface area contributed by atoms with Gasteiger partial charge in [-0.3, -0.25) is 9.59 Å². The number of ketones is 1. The van der Waals surface area contributed by atoms with E-state index in [0.29, 0.717) is 18.6 Å². The zero-order chi connectivity index (χ0) is 14.8. The molecule has 1 aromatic carbocycles. The van der Waals surface area contributed by atoms with Gasteiger partial charge in [0, 0.05) is 18.6 Å². The Morgan fingerprint density at radius 2 is 1.90 bits per heavy atom. The molecule has 20 heavy (non-hydrogen) atoms. The van der Waals surface area contributed by atoms with Gasteiger partial charge in [0.05, 0.1) is 13.0 Å². The largest absolute Gasteiger partial charge is 0.466 e. The van der Waals surface area contributed by atoms with Crippen LogP contribution in [0.4, 0.5) is 0 Å². The Morgan fingerprint density at radius 3 is 2.50 bits per heavy atom. The monoisotopic (exact) mass is 276 g/mol. The molecule has 0 aliphatic carbocycles. The van der Waals surface area contributed by atoms with Crippen LogP contribution in [0.1, 0.15) is 42.1 Å². The molecule has 0 aliphatic rings. The molecule has 0 saturated carbocycles. The van der Waals surface area contributed by atoms with Crippen LogP contribution in [0.15, 0.2) is 30.3 Å². The molecule has 0 atom stereocenters. The third kappa shape index (κ3) is 5.80. The van der Waals surface area contributed by atoms with Gasteiger partial charge < -0.3 is 9.84 Å². The smallest absolute Gasteiger partial charge is 0.306 e. The summed E-state index contributed by atoms with van der Waals surface area (Å²) in [6.07, 6.45) is 4.66. The average molecular weight is 276 g/mol. The van der Waals surface area contributed by atoms with Gasteiger partial charge in [-0.15, -0.1) is 0 Å². The number of carbonyl (C=O) groups excluding carboxylic acids is 2. The van der Waals surface area contributed by atoms with Crippen molar-refractivity contribution in [3.8, 4) is 0 Å². The lowest BCUT2D eigenvalue weighted by atomic mass is 10.0. The lowest BCUT2D eigenvalue weighted by Gasteiger charge is -2.02. The predicted octanol–water partition coefficient (Wildman–Crippen LogP) is 2.61. The Hall–Kier alpha value is -1.94. The SMILES string of the molecule is CCOC(=O)CCC(=O)c1ccc(C=CCCO)cc1. The summed E-state index contributed by atoms with van der Waals surface area (Å²) in [6.45, 7) is 2.20. The Kier molecular flexibility index (Phi) is 7.29. The van der Waals surface area contributed by atoms with E-state index in [-0.39, 0.29) is 31.2 Å². The number of aliphatic hydroxyl groups is 1. The summed E-state index contributed by atoms with van der Waals surface area (Å²) in [6, 6.07) is 7.16. The molecule has 0 aliphatic heterocycles. The summed E-state index contributed by atoms with van der Waals surface area (Å²) in [4.78, 5) is 23.0. The van der Waals surface area contributed by atoms with E-state index in [9.17, 15) is 9.59 Å². The average Bonchev–Trinajstić information content (AvgIpc) is 2.46. The highest BCUT2D eigenvalue weighted by Crippen LogP contribution is 2.10. The third-order valence-electron chi connectivity index (χ3n) is 2.70. The molecule has 1 rings (SSSR count). The summed E-state index contributed by atoms with van der Waals surface area (Å²) in [5.74, 6) is -0.409. The molecule has 0 spiro atoms. The highest BCUT2D eigenvalue weighted by atomic mass is 16.5. The van der Waals surface area contributed by atoms with Gasteiger partial charge in [0.1, 0.15) is 0 Å². The summed E-state index contributed by atoms with van der Waals surface area (Å²) in [5, 5.41) is 8.67. The zero-order valence-corrected chi connectivity index (χ0v) is 11.7. The summed E-state index contributed by atoms with van der Waals surface area (Å²) < 4.78 is 4.78. The molecule has 1 N–H and O–H groups in total. The molecule has 4 nitrogen and oxygen atoms in total. The van der Waals surface area contributed by atoms with Crippen LogP contribution in [0.2, 0.25) is 0 Å². The number of hydrogen-bond donors (Lipinski definition) is 1. The Bertz CT molecular complexity index is 460. The minimum atomic E-state index is -0.343. The summed E-state index contributed by atoms with van der Waals surface area (Å²) in [5.41, 5.74) is 1.56. The van der Waals surface area contributed by atoms with Crippen molar-refractivity contribution in [1.29, 1.82) is 0 Å². The number of benzene rings is 1. The van der Waals surface area contributed by atoms with Crippen molar-refractivity contribution in [3.63, 3.8) is 0 Å². The van der Waals surface area contributed by atoms with Crippen LogP contribution in [0, 0.1) is 0 Å². The van der Waals surface area contributed by atoms with Crippen LogP contribution in [-0.2, 0) is 9.53 Å². The maximum atomic E-state index is 11.9. The molecule has 0 unspecified atom stereocenters. The van der Waals surface area contributed by atoms with Crippen molar-refractivity contribution in [2.45, 2.75) is 26.2 Å². The Labute approximate surface area is 119 Å². The highest BCUT2D eigenvalue weighted by Gasteiger charge is 2.09. The normalized spacial score (nSPS) is 10.7. The number of ether oxygens (including phenoxy) is 1. The number of rotatable bonds is 8. The molecule has 4 heteroatoms. The van der Waals surface area contributed by atoms with Crippen molar-refractivity contribution >= 4 is 17.8 Å². The summed E-state index contributed by atoms with van der Waals surface area (Å²) in [7, 11) is 0. The van der Waals surface area contributed by atoms with Crippen LogP contribution >= 0.6 is 0 Å². The minimum Gasteiger partial charge on any atom is -0.466 e. The first kappa shape index (κ1) is 16.1. The molecule has 0 aromatic heterocycles. The van der Waals surface area contributed by atoms with E-state index in [2.05, 4.69) is 0 Å². The molecule has 0 saturated heterocycles. The molecule has 108 valence electrons. The molecule has 1 aromatic rings. The second-order valence-electron chi connectivity index (χ2n) is 4.26. The van der Waals surface area contributed by atoms with E-state index in [4.69, 9.17) is 9.84 Å². The second-order valence-corrected chi connectivity index (χ2v) is 4.26. The standard InChI is InChI=1S/C16H20O4/c1-2-20-16(19)11-10-15(18)14-8-6-13(7-9-14)5-3-4-12-17/h3,5-9,17H,2,4,10-12H2,1H3. The van der Waals surface area contributed by atoms with E-state index in [1.54, 1.807) is 19.1 Å². The van der Waals surface area contributed by atoms with E-state index in [1.807, 2.05) is 24.3 Å². The van der Waals surface area contributed by atoms with E-state index < -0.39 is 0 Å². The number of esters is 1. The molecule has 0 amide bonds. The fourth-order valence-corrected chi connectivity index (χ4v) is 1.67. The fraction of sp³-hybridized carbons (Fsp3) is 0.375. The topological polar surface area (TPSA) is 63.6 Å². The lowest BCUT2D eigenvalue weighted by molar-refractivity contribution is -0.143.